The molecule has 27 heavy (non-hydrogen) atoms. The van der Waals surface area contributed by atoms with E-state index in [9.17, 15) is 0 Å². The van der Waals surface area contributed by atoms with Gasteiger partial charge in [-0.25, -0.2) is 4.98 Å². The van der Waals surface area contributed by atoms with Crippen LogP contribution in [-0.4, -0.2) is 28.7 Å². The number of aryl methyl sites for hydroxylation is 1. The minimum Gasteiger partial charge on any atom is -0.495 e. The average Bonchev–Trinajstić information content (AvgIpc) is 2.65. The van der Waals surface area contributed by atoms with E-state index in [0.717, 1.165) is 40.1 Å². The maximum atomic E-state index is 6.02. The largest absolute Gasteiger partial charge is 0.495 e. The third-order valence-corrected chi connectivity index (χ3v) is 4.25. The van der Waals surface area contributed by atoms with Crippen molar-refractivity contribution in [1.29, 1.82) is 0 Å². The van der Waals surface area contributed by atoms with E-state index in [1.165, 1.54) is 0 Å². The van der Waals surface area contributed by atoms with Gasteiger partial charge in [0.05, 0.1) is 24.8 Å². The first-order chi connectivity index (χ1) is 13.0. The van der Waals surface area contributed by atoms with Crippen molar-refractivity contribution >= 4 is 28.5 Å². The van der Waals surface area contributed by atoms with Gasteiger partial charge < -0.3 is 26.3 Å². The first-order valence-corrected chi connectivity index (χ1v) is 8.75. The monoisotopic (exact) mass is 368 g/mol. The van der Waals surface area contributed by atoms with E-state index in [1.54, 1.807) is 13.3 Å². The number of nitrogen functional groups attached to an aromatic ring is 2. The number of benzene rings is 1. The summed E-state index contributed by atoms with van der Waals surface area (Å²) in [5, 5.41) is 4.10. The Morgan fingerprint density at radius 2 is 2.00 bits per heavy atom. The summed E-state index contributed by atoms with van der Waals surface area (Å²) in [6, 6.07) is 5.70. The molecule has 1 aromatic carbocycles. The van der Waals surface area contributed by atoms with E-state index in [4.69, 9.17) is 20.9 Å². The molecule has 3 rings (SSSR count). The number of rotatable bonds is 7. The number of ether oxygens (including phenoxy) is 2. The Morgan fingerprint density at radius 3 is 2.74 bits per heavy atom. The van der Waals surface area contributed by atoms with Gasteiger partial charge in [-0.15, -0.1) is 0 Å². The van der Waals surface area contributed by atoms with Crippen molar-refractivity contribution < 1.29 is 9.47 Å². The van der Waals surface area contributed by atoms with Gasteiger partial charge in [0, 0.05) is 18.8 Å². The minimum atomic E-state index is 0.117. The molecule has 2 aromatic heterocycles. The fourth-order valence-corrected chi connectivity index (χ4v) is 2.84. The van der Waals surface area contributed by atoms with E-state index in [1.807, 2.05) is 25.1 Å². The summed E-state index contributed by atoms with van der Waals surface area (Å²) < 4.78 is 11.1. The second kappa shape index (κ2) is 7.94. The first-order valence-electron chi connectivity index (χ1n) is 8.75. The summed E-state index contributed by atoms with van der Waals surface area (Å²) in [4.78, 5) is 12.5. The van der Waals surface area contributed by atoms with Crippen molar-refractivity contribution in [3.05, 3.63) is 35.5 Å². The zero-order chi connectivity index (χ0) is 19.4. The topological polar surface area (TPSA) is 121 Å². The van der Waals surface area contributed by atoms with Crippen LogP contribution in [0.2, 0.25) is 0 Å². The molecule has 0 fully saturated rings. The first kappa shape index (κ1) is 18.5. The maximum Gasteiger partial charge on any atom is 0.224 e. The van der Waals surface area contributed by atoms with Gasteiger partial charge in [-0.05, 0) is 36.6 Å². The molecule has 0 spiro atoms. The van der Waals surface area contributed by atoms with Crippen LogP contribution in [0.1, 0.15) is 24.5 Å². The highest BCUT2D eigenvalue weighted by atomic mass is 16.5. The second-order valence-corrected chi connectivity index (χ2v) is 6.14. The van der Waals surface area contributed by atoms with Crippen LogP contribution in [0.15, 0.2) is 24.4 Å². The number of hydrogen-bond donors (Lipinski definition) is 3. The van der Waals surface area contributed by atoms with Crippen LogP contribution in [0.25, 0.3) is 11.0 Å². The lowest BCUT2D eigenvalue weighted by Crippen LogP contribution is -2.07. The van der Waals surface area contributed by atoms with Crippen LogP contribution >= 0.6 is 0 Å². The zero-order valence-electron chi connectivity index (χ0n) is 15.7. The Kier molecular flexibility index (Phi) is 5.44. The molecular formula is C19H24N6O2. The molecule has 0 aliphatic heterocycles. The minimum absolute atomic E-state index is 0.117. The third-order valence-electron chi connectivity index (χ3n) is 4.25. The summed E-state index contributed by atoms with van der Waals surface area (Å²) in [7, 11) is 1.64. The Morgan fingerprint density at radius 1 is 1.19 bits per heavy atom. The lowest BCUT2D eigenvalue weighted by molar-refractivity contribution is 0.317. The predicted octanol–water partition coefficient (Wildman–Crippen LogP) is 2.91. The van der Waals surface area contributed by atoms with Crippen molar-refractivity contribution in [1.82, 2.24) is 15.0 Å². The smallest absolute Gasteiger partial charge is 0.224 e. The van der Waals surface area contributed by atoms with E-state index in [-0.39, 0.29) is 5.95 Å². The van der Waals surface area contributed by atoms with Crippen molar-refractivity contribution in [2.75, 3.05) is 30.5 Å². The van der Waals surface area contributed by atoms with E-state index < -0.39 is 0 Å². The molecule has 0 saturated carbocycles. The van der Waals surface area contributed by atoms with Gasteiger partial charge in [0.15, 0.2) is 5.65 Å². The van der Waals surface area contributed by atoms with Gasteiger partial charge >= 0.3 is 0 Å². The molecule has 5 N–H and O–H groups in total. The van der Waals surface area contributed by atoms with Crippen LogP contribution in [0.5, 0.6) is 11.5 Å². The fraction of sp³-hybridized carbons (Fsp3) is 0.316. The number of hydrogen-bond acceptors (Lipinski definition) is 8. The Labute approximate surface area is 157 Å². The zero-order valence-corrected chi connectivity index (χ0v) is 15.7. The van der Waals surface area contributed by atoms with Crippen molar-refractivity contribution in [3.8, 4) is 11.5 Å². The normalized spacial score (nSPS) is 10.8. The molecule has 142 valence electrons. The van der Waals surface area contributed by atoms with Gasteiger partial charge in [0.2, 0.25) is 5.95 Å². The molecule has 0 atom stereocenters. The highest BCUT2D eigenvalue weighted by molar-refractivity contribution is 5.90. The summed E-state index contributed by atoms with van der Waals surface area (Å²) in [5.41, 5.74) is 14.9. The van der Waals surface area contributed by atoms with Crippen LogP contribution < -0.4 is 26.3 Å². The van der Waals surface area contributed by atoms with E-state index in [2.05, 4.69) is 27.2 Å². The number of nitrogens with zero attached hydrogens (tertiary/aromatic N) is 3. The second-order valence-electron chi connectivity index (χ2n) is 6.14. The summed E-state index contributed by atoms with van der Waals surface area (Å²) >= 11 is 0. The molecule has 0 bridgehead atoms. The summed E-state index contributed by atoms with van der Waals surface area (Å²) in [6.45, 7) is 5.24. The number of nitrogens with two attached hydrogens (primary N) is 2. The molecule has 3 aromatic rings. The number of pyridine rings is 1. The van der Waals surface area contributed by atoms with Crippen molar-refractivity contribution in [3.63, 3.8) is 0 Å². The maximum absolute atomic E-state index is 6.02. The molecule has 0 unspecified atom stereocenters. The number of fused-ring (bicyclic) bond motifs is 1. The van der Waals surface area contributed by atoms with Crippen molar-refractivity contribution in [2.45, 2.75) is 26.8 Å². The van der Waals surface area contributed by atoms with Crippen LogP contribution in [0.4, 0.5) is 17.5 Å². The SMILES string of the molecule is CCCOc1ccc(OC)c(NCc2cnc3nc(N)nc(N)c3c2C)c1. The highest BCUT2D eigenvalue weighted by Gasteiger charge is 2.12. The number of anilines is 3. The van der Waals surface area contributed by atoms with Crippen LogP contribution in [-0.2, 0) is 6.54 Å². The molecule has 0 aliphatic carbocycles. The molecule has 8 heteroatoms. The average molecular weight is 368 g/mol. The lowest BCUT2D eigenvalue weighted by Gasteiger charge is -2.15. The van der Waals surface area contributed by atoms with Crippen LogP contribution in [0.3, 0.4) is 0 Å². The lowest BCUT2D eigenvalue weighted by atomic mass is 10.1. The molecule has 8 nitrogen and oxygen atoms in total. The van der Waals surface area contributed by atoms with Crippen molar-refractivity contribution in [2.24, 2.45) is 0 Å². The number of aromatic nitrogens is 3. The van der Waals surface area contributed by atoms with Gasteiger partial charge in [-0.1, -0.05) is 6.92 Å². The Hall–Kier alpha value is -3.29. The van der Waals surface area contributed by atoms with Gasteiger partial charge in [-0.2, -0.15) is 9.97 Å². The standard InChI is InChI=1S/C19H24N6O2/c1-4-7-27-13-5-6-15(26-3)14(8-13)22-9-12-10-23-18-16(11(12)2)17(20)24-19(21)25-18/h5-6,8,10,22H,4,7,9H2,1-3H3,(H4,20,21,23,24,25). The van der Waals surface area contributed by atoms with Crippen LogP contribution in [0, 0.1) is 6.92 Å². The van der Waals surface area contributed by atoms with E-state index >= 15 is 0 Å². The quantitative estimate of drug-likeness (QED) is 0.582. The van der Waals surface area contributed by atoms with Gasteiger partial charge in [0.1, 0.15) is 17.3 Å². The molecule has 2 heterocycles. The van der Waals surface area contributed by atoms with Gasteiger partial charge in [0.25, 0.3) is 0 Å². The number of methoxy groups -OCH3 is 1. The molecule has 0 aliphatic rings. The highest BCUT2D eigenvalue weighted by Crippen LogP contribution is 2.30. The summed E-state index contributed by atoms with van der Waals surface area (Å²) in [6.07, 6.45) is 2.71. The van der Waals surface area contributed by atoms with E-state index in [0.29, 0.717) is 24.6 Å². The predicted molar refractivity (Wildman–Crippen MR) is 107 cm³/mol. The molecule has 0 radical (unpaired) electrons. The fourth-order valence-electron chi connectivity index (χ4n) is 2.84. The van der Waals surface area contributed by atoms with Gasteiger partial charge in [-0.3, -0.25) is 0 Å². The number of nitrogens with one attached hydrogen (secondary N) is 1. The molecular weight excluding hydrogens is 344 g/mol. The Balaban J connectivity index is 1.87. The third kappa shape index (κ3) is 3.94. The summed E-state index contributed by atoms with van der Waals surface area (Å²) in [5.74, 6) is 1.98. The molecule has 0 amide bonds. The molecule has 0 saturated heterocycles. The Bertz CT molecular complexity index is 961.